The minimum atomic E-state index is 0.0492. The van der Waals surface area contributed by atoms with Gasteiger partial charge in [0.2, 0.25) is 0 Å². The van der Waals surface area contributed by atoms with E-state index in [1.165, 1.54) is 25.7 Å². The van der Waals surface area contributed by atoms with E-state index in [-0.39, 0.29) is 7.12 Å². The van der Waals surface area contributed by atoms with Crippen LogP contribution in [-0.2, 0) is 9.31 Å². The Morgan fingerprint density at radius 3 is 2.10 bits per heavy atom. The third-order valence-corrected chi connectivity index (χ3v) is 2.37. The fourth-order valence-corrected chi connectivity index (χ4v) is 1.90. The predicted octanol–water partition coefficient (Wildman–Crippen LogP) is 1.46. The Morgan fingerprint density at radius 2 is 1.60 bits per heavy atom. The van der Waals surface area contributed by atoms with E-state index in [9.17, 15) is 0 Å². The van der Waals surface area contributed by atoms with Gasteiger partial charge in [0.25, 0.3) is 0 Å². The molecule has 2 nitrogen and oxygen atoms in total. The molecule has 0 radical (unpaired) electrons. The minimum Gasteiger partial charge on any atom is -0.406 e. The van der Waals surface area contributed by atoms with E-state index in [1.54, 1.807) is 0 Å². The summed E-state index contributed by atoms with van der Waals surface area (Å²) in [6.45, 7) is 1.98. The molecule has 56 valence electrons. The Hall–Kier alpha value is -0.0151. The second-order valence-corrected chi connectivity index (χ2v) is 3.20. The van der Waals surface area contributed by atoms with Crippen LogP contribution in [0, 0.1) is 0 Å². The van der Waals surface area contributed by atoms with Gasteiger partial charge in [0, 0.05) is 0 Å². The van der Waals surface area contributed by atoms with Crippen molar-refractivity contribution in [2.45, 2.75) is 44.7 Å². The van der Waals surface area contributed by atoms with Crippen LogP contribution in [-0.4, -0.2) is 19.3 Å². The minimum absolute atomic E-state index is 0.0492. The Bertz CT molecular complexity index is 115. The van der Waals surface area contributed by atoms with Crippen LogP contribution in [0.1, 0.15) is 25.7 Å². The van der Waals surface area contributed by atoms with Crippen molar-refractivity contribution >= 4 is 7.12 Å². The maximum atomic E-state index is 5.54. The summed E-state index contributed by atoms with van der Waals surface area (Å²) in [5.41, 5.74) is 0. The summed E-state index contributed by atoms with van der Waals surface area (Å²) in [6.07, 6.45) is 5.88. The average Bonchev–Trinajstić information content (AvgIpc) is 2.27. The standard InChI is InChI=1S/C7H13BO2/c1-8-9-6-4-2-3-5-7(6)10-8/h6-7H,2-5H2,1H3. The normalized spacial score (nSPS) is 39.9. The van der Waals surface area contributed by atoms with Crippen molar-refractivity contribution in [2.24, 2.45) is 0 Å². The number of hydrogen-bond acceptors (Lipinski definition) is 2. The van der Waals surface area contributed by atoms with Crippen LogP contribution in [0.15, 0.2) is 0 Å². The first-order chi connectivity index (χ1) is 4.86. The maximum Gasteiger partial charge on any atom is 0.454 e. The van der Waals surface area contributed by atoms with Crippen LogP contribution in [0.2, 0.25) is 6.82 Å². The molecule has 0 spiro atoms. The summed E-state index contributed by atoms with van der Waals surface area (Å²) in [5, 5.41) is 0. The third-order valence-electron chi connectivity index (χ3n) is 2.37. The molecule has 2 fully saturated rings. The van der Waals surface area contributed by atoms with Gasteiger partial charge in [-0.3, -0.25) is 0 Å². The monoisotopic (exact) mass is 140 g/mol. The van der Waals surface area contributed by atoms with Crippen LogP contribution < -0.4 is 0 Å². The zero-order chi connectivity index (χ0) is 6.97. The Balaban J connectivity index is 1.97. The lowest BCUT2D eigenvalue weighted by Gasteiger charge is -2.22. The summed E-state index contributed by atoms with van der Waals surface area (Å²) < 4.78 is 11.1. The summed E-state index contributed by atoms with van der Waals surface area (Å²) >= 11 is 0. The molecule has 1 aliphatic heterocycles. The fourth-order valence-electron chi connectivity index (χ4n) is 1.90. The van der Waals surface area contributed by atoms with E-state index in [2.05, 4.69) is 0 Å². The van der Waals surface area contributed by atoms with Crippen molar-refractivity contribution in [3.63, 3.8) is 0 Å². The fraction of sp³-hybridized carbons (Fsp3) is 1.00. The predicted molar refractivity (Wildman–Crippen MR) is 39.8 cm³/mol. The lowest BCUT2D eigenvalue weighted by atomic mass is 9.95. The zero-order valence-electron chi connectivity index (χ0n) is 6.38. The van der Waals surface area contributed by atoms with Crippen molar-refractivity contribution in [3.8, 4) is 0 Å². The van der Waals surface area contributed by atoms with E-state index in [1.807, 2.05) is 6.82 Å². The van der Waals surface area contributed by atoms with Crippen molar-refractivity contribution in [3.05, 3.63) is 0 Å². The number of hydrogen-bond donors (Lipinski definition) is 0. The van der Waals surface area contributed by atoms with Crippen LogP contribution >= 0.6 is 0 Å². The van der Waals surface area contributed by atoms with Crippen LogP contribution in [0.25, 0.3) is 0 Å². The number of fused-ring (bicyclic) bond motifs is 1. The molecule has 1 heterocycles. The molecule has 10 heavy (non-hydrogen) atoms. The van der Waals surface area contributed by atoms with Gasteiger partial charge in [0.05, 0.1) is 12.2 Å². The topological polar surface area (TPSA) is 18.5 Å². The Labute approximate surface area is 62.0 Å². The largest absolute Gasteiger partial charge is 0.454 e. The highest BCUT2D eigenvalue weighted by atomic mass is 16.7. The van der Waals surface area contributed by atoms with Gasteiger partial charge in [-0.1, -0.05) is 12.8 Å². The molecule has 1 saturated heterocycles. The highest BCUT2D eigenvalue weighted by molar-refractivity contribution is 6.43. The maximum absolute atomic E-state index is 5.54. The molecule has 0 aromatic rings. The smallest absolute Gasteiger partial charge is 0.406 e. The van der Waals surface area contributed by atoms with Crippen LogP contribution in [0.5, 0.6) is 0 Å². The lowest BCUT2D eigenvalue weighted by Crippen LogP contribution is -2.25. The van der Waals surface area contributed by atoms with Crippen molar-refractivity contribution in [1.29, 1.82) is 0 Å². The van der Waals surface area contributed by atoms with Gasteiger partial charge >= 0.3 is 7.12 Å². The van der Waals surface area contributed by atoms with Crippen molar-refractivity contribution in [2.75, 3.05) is 0 Å². The van der Waals surface area contributed by atoms with Crippen molar-refractivity contribution in [1.82, 2.24) is 0 Å². The molecule has 1 saturated carbocycles. The summed E-state index contributed by atoms with van der Waals surface area (Å²) in [4.78, 5) is 0. The molecule has 0 aromatic carbocycles. The molecular formula is C7H13BO2. The van der Waals surface area contributed by atoms with E-state index < -0.39 is 0 Å². The molecule has 0 bridgehead atoms. The highest BCUT2D eigenvalue weighted by Crippen LogP contribution is 2.29. The second-order valence-electron chi connectivity index (χ2n) is 3.20. The van der Waals surface area contributed by atoms with Gasteiger partial charge in [-0.2, -0.15) is 0 Å². The molecular weight excluding hydrogens is 127 g/mol. The molecule has 2 atom stereocenters. The molecule has 0 N–H and O–H groups in total. The first-order valence-electron chi connectivity index (χ1n) is 4.17. The van der Waals surface area contributed by atoms with Gasteiger partial charge in [0.1, 0.15) is 0 Å². The molecule has 2 unspecified atom stereocenters. The Kier molecular flexibility index (Phi) is 1.70. The second kappa shape index (κ2) is 2.55. The zero-order valence-corrected chi connectivity index (χ0v) is 6.38. The summed E-state index contributed by atoms with van der Waals surface area (Å²) in [7, 11) is 0.0492. The average molecular weight is 140 g/mol. The molecule has 2 rings (SSSR count). The van der Waals surface area contributed by atoms with Gasteiger partial charge in [-0.25, -0.2) is 0 Å². The molecule has 2 aliphatic rings. The highest BCUT2D eigenvalue weighted by Gasteiger charge is 2.37. The molecule has 3 heteroatoms. The van der Waals surface area contributed by atoms with Crippen molar-refractivity contribution < 1.29 is 9.31 Å². The molecule has 1 aliphatic carbocycles. The Morgan fingerprint density at radius 1 is 1.10 bits per heavy atom. The first kappa shape index (κ1) is 6.68. The summed E-state index contributed by atoms with van der Waals surface area (Å²) in [5.74, 6) is 0. The summed E-state index contributed by atoms with van der Waals surface area (Å²) in [6, 6.07) is 0. The van der Waals surface area contributed by atoms with E-state index in [4.69, 9.17) is 9.31 Å². The van der Waals surface area contributed by atoms with E-state index >= 15 is 0 Å². The van der Waals surface area contributed by atoms with E-state index in [0.29, 0.717) is 12.2 Å². The third kappa shape index (κ3) is 1.08. The molecule has 0 aromatic heterocycles. The van der Waals surface area contributed by atoms with Crippen LogP contribution in [0.4, 0.5) is 0 Å². The van der Waals surface area contributed by atoms with Crippen LogP contribution in [0.3, 0.4) is 0 Å². The van der Waals surface area contributed by atoms with Gasteiger partial charge in [-0.15, -0.1) is 0 Å². The molecule has 0 amide bonds. The van der Waals surface area contributed by atoms with E-state index in [0.717, 1.165) is 0 Å². The quantitative estimate of drug-likeness (QED) is 0.474. The number of rotatable bonds is 0. The van der Waals surface area contributed by atoms with Gasteiger partial charge < -0.3 is 9.31 Å². The lowest BCUT2D eigenvalue weighted by molar-refractivity contribution is 0.110. The van der Waals surface area contributed by atoms with Gasteiger partial charge in [0.15, 0.2) is 0 Å². The van der Waals surface area contributed by atoms with Gasteiger partial charge in [-0.05, 0) is 19.7 Å². The first-order valence-corrected chi connectivity index (χ1v) is 4.17. The SMILES string of the molecule is CB1OC2CCCCC2O1.